The second kappa shape index (κ2) is 12.6. The van der Waals surface area contributed by atoms with Crippen molar-refractivity contribution in [2.45, 2.75) is 29.3 Å². The minimum absolute atomic E-state index is 0.0132. The van der Waals surface area contributed by atoms with Gasteiger partial charge in [-0.15, -0.1) is 11.8 Å². The van der Waals surface area contributed by atoms with Gasteiger partial charge in [-0.1, -0.05) is 83.5 Å². The minimum Gasteiger partial charge on any atom is -0.497 e. The summed E-state index contributed by atoms with van der Waals surface area (Å²) in [6.07, 6.45) is 0.156. The third-order valence-electron chi connectivity index (χ3n) is 6.33. The van der Waals surface area contributed by atoms with E-state index in [-0.39, 0.29) is 30.5 Å². The summed E-state index contributed by atoms with van der Waals surface area (Å²) in [6.45, 7) is 0.0132. The van der Waals surface area contributed by atoms with Crippen LogP contribution in [0.5, 0.6) is 5.75 Å². The summed E-state index contributed by atoms with van der Waals surface area (Å²) >= 11 is 15.4. The molecule has 206 valence electrons. The highest BCUT2D eigenvalue weighted by Crippen LogP contribution is 2.47. The Kier molecular flexibility index (Phi) is 8.95. The molecule has 0 unspecified atom stereocenters. The van der Waals surface area contributed by atoms with Crippen LogP contribution in [0.3, 0.4) is 0 Å². The van der Waals surface area contributed by atoms with Crippen LogP contribution < -0.4 is 10.1 Å². The van der Waals surface area contributed by atoms with Gasteiger partial charge in [-0.25, -0.2) is 4.79 Å². The predicted octanol–water partition coefficient (Wildman–Crippen LogP) is 5.69. The van der Waals surface area contributed by atoms with Crippen LogP contribution in [0, 0.1) is 0 Å². The number of ether oxygens (including phenoxy) is 2. The molecule has 2 amide bonds. The molecule has 1 saturated heterocycles. The molecular weight excluding hydrogens is 591 g/mol. The number of amides is 2. The second-order valence-electron chi connectivity index (χ2n) is 8.97. The molecule has 5 rings (SSSR count). The van der Waals surface area contributed by atoms with E-state index in [4.69, 9.17) is 32.7 Å². The standard InChI is InChI=1S/C29H24Cl2N2O5S2/c1-37-19-12-10-18(11-13-19)15-38-29(36)26-22(40-21-9-5-8-20(30)24(21)31)16-39-28-25(27(35)33(26)28)32-23(34)14-17-6-3-2-4-7-17/h2-13,25,28H,14-16H2,1H3,(H,32,34)/t25-,28-/m1/s1. The maximum atomic E-state index is 13.5. The lowest BCUT2D eigenvalue weighted by Crippen LogP contribution is -2.70. The molecule has 2 aliphatic rings. The fourth-order valence-electron chi connectivity index (χ4n) is 4.30. The van der Waals surface area contributed by atoms with Crippen molar-refractivity contribution in [3.05, 3.63) is 105 Å². The number of hydrogen-bond donors (Lipinski definition) is 1. The average Bonchev–Trinajstić information content (AvgIpc) is 2.97. The minimum atomic E-state index is -0.744. The largest absolute Gasteiger partial charge is 0.497 e. The van der Waals surface area contributed by atoms with Crippen LogP contribution in [0.4, 0.5) is 0 Å². The molecule has 1 N–H and O–H groups in total. The van der Waals surface area contributed by atoms with Crippen molar-refractivity contribution in [1.29, 1.82) is 0 Å². The van der Waals surface area contributed by atoms with E-state index in [0.29, 0.717) is 31.3 Å². The highest BCUT2D eigenvalue weighted by molar-refractivity contribution is 8.06. The summed E-state index contributed by atoms with van der Waals surface area (Å²) in [5.41, 5.74) is 1.76. The topological polar surface area (TPSA) is 84.9 Å². The van der Waals surface area contributed by atoms with E-state index in [1.165, 1.54) is 28.4 Å². The van der Waals surface area contributed by atoms with Gasteiger partial charge in [0, 0.05) is 15.6 Å². The average molecular weight is 616 g/mol. The number of nitrogens with zero attached hydrogens (tertiary/aromatic N) is 1. The number of thioether (sulfide) groups is 2. The third-order valence-corrected chi connectivity index (χ3v) is 9.87. The Hall–Kier alpha value is -3.11. The summed E-state index contributed by atoms with van der Waals surface area (Å²) in [7, 11) is 1.58. The van der Waals surface area contributed by atoms with Crippen LogP contribution in [-0.4, -0.2) is 47.0 Å². The normalized spacial score (nSPS) is 18.1. The lowest BCUT2D eigenvalue weighted by Gasteiger charge is -2.49. The molecule has 11 heteroatoms. The van der Waals surface area contributed by atoms with E-state index in [1.807, 2.05) is 30.3 Å². The van der Waals surface area contributed by atoms with Gasteiger partial charge in [-0.3, -0.25) is 14.5 Å². The number of esters is 1. The van der Waals surface area contributed by atoms with Gasteiger partial charge in [0.1, 0.15) is 29.5 Å². The van der Waals surface area contributed by atoms with E-state index < -0.39 is 17.4 Å². The molecule has 3 aromatic rings. The predicted molar refractivity (Wildman–Crippen MR) is 157 cm³/mol. The number of β-lactam (4-membered cyclic amide) rings is 1. The first kappa shape index (κ1) is 28.4. The van der Waals surface area contributed by atoms with Gasteiger partial charge < -0.3 is 14.8 Å². The summed E-state index contributed by atoms with van der Waals surface area (Å²) in [6, 6.07) is 21.0. The van der Waals surface area contributed by atoms with Gasteiger partial charge in [-0.2, -0.15) is 0 Å². The summed E-state index contributed by atoms with van der Waals surface area (Å²) in [4.78, 5) is 42.2. The molecule has 0 spiro atoms. The molecule has 0 aromatic heterocycles. The van der Waals surface area contributed by atoms with Crippen LogP contribution in [0.2, 0.25) is 10.0 Å². The van der Waals surface area contributed by atoms with Gasteiger partial charge >= 0.3 is 5.97 Å². The monoisotopic (exact) mass is 614 g/mol. The Morgan fingerprint density at radius 1 is 1.02 bits per heavy atom. The highest BCUT2D eigenvalue weighted by atomic mass is 35.5. The van der Waals surface area contributed by atoms with Gasteiger partial charge in [-0.05, 0) is 35.4 Å². The first-order chi connectivity index (χ1) is 19.4. The van der Waals surface area contributed by atoms with Gasteiger partial charge in [0.05, 0.1) is 23.6 Å². The molecule has 0 saturated carbocycles. The Bertz CT molecular complexity index is 1470. The van der Waals surface area contributed by atoms with E-state index in [2.05, 4.69) is 5.32 Å². The number of methoxy groups -OCH3 is 1. The van der Waals surface area contributed by atoms with Crippen LogP contribution >= 0.6 is 46.7 Å². The fraction of sp³-hybridized carbons (Fsp3) is 0.207. The Balaban J connectivity index is 1.36. The molecule has 2 aliphatic heterocycles. The molecular formula is C29H24Cl2N2O5S2. The maximum absolute atomic E-state index is 13.5. The van der Waals surface area contributed by atoms with Crippen molar-refractivity contribution < 1.29 is 23.9 Å². The number of benzene rings is 3. The zero-order valence-corrected chi connectivity index (χ0v) is 24.4. The maximum Gasteiger partial charge on any atom is 0.356 e. The number of carbonyl (C=O) groups excluding carboxylic acids is 3. The molecule has 7 nitrogen and oxygen atoms in total. The molecule has 0 radical (unpaired) electrons. The SMILES string of the molecule is COc1ccc(COC(=O)C2=C(Sc3cccc(Cl)c3Cl)CS[C@@H]3[C@H](NC(=O)Cc4ccccc4)C(=O)N23)cc1. The lowest BCUT2D eigenvalue weighted by atomic mass is 10.0. The Morgan fingerprint density at radius 3 is 2.50 bits per heavy atom. The molecule has 40 heavy (non-hydrogen) atoms. The Morgan fingerprint density at radius 2 is 1.77 bits per heavy atom. The number of rotatable bonds is 9. The zero-order chi connectivity index (χ0) is 28.2. The fourth-order valence-corrected chi connectivity index (χ4v) is 7.30. The first-order valence-corrected chi connectivity index (χ1v) is 14.9. The van der Waals surface area contributed by atoms with Crippen molar-refractivity contribution in [2.24, 2.45) is 0 Å². The smallest absolute Gasteiger partial charge is 0.356 e. The van der Waals surface area contributed by atoms with Crippen LogP contribution in [0.1, 0.15) is 11.1 Å². The van der Waals surface area contributed by atoms with E-state index in [0.717, 1.165) is 11.1 Å². The van der Waals surface area contributed by atoms with Crippen molar-refractivity contribution in [3.63, 3.8) is 0 Å². The molecule has 2 atom stereocenters. The molecule has 2 heterocycles. The van der Waals surface area contributed by atoms with Crippen LogP contribution in [0.25, 0.3) is 0 Å². The zero-order valence-electron chi connectivity index (χ0n) is 21.3. The number of nitrogens with one attached hydrogen (secondary N) is 1. The quantitative estimate of drug-likeness (QED) is 0.245. The molecule has 0 aliphatic carbocycles. The van der Waals surface area contributed by atoms with E-state index in [1.54, 1.807) is 49.6 Å². The number of carbonyl (C=O) groups is 3. The summed E-state index contributed by atoms with van der Waals surface area (Å²) in [5.74, 6) is -0.161. The van der Waals surface area contributed by atoms with Gasteiger partial charge in [0.15, 0.2) is 0 Å². The Labute approximate surface area is 250 Å². The van der Waals surface area contributed by atoms with Crippen molar-refractivity contribution in [1.82, 2.24) is 10.2 Å². The summed E-state index contributed by atoms with van der Waals surface area (Å²) < 4.78 is 10.8. The number of halogens is 2. The van der Waals surface area contributed by atoms with Crippen molar-refractivity contribution >= 4 is 64.5 Å². The lowest BCUT2D eigenvalue weighted by molar-refractivity contribution is -0.153. The third kappa shape index (κ3) is 6.12. The highest BCUT2D eigenvalue weighted by Gasteiger charge is 2.54. The second-order valence-corrected chi connectivity index (χ2v) is 12.0. The van der Waals surface area contributed by atoms with Crippen molar-refractivity contribution in [3.8, 4) is 5.75 Å². The molecule has 1 fully saturated rings. The van der Waals surface area contributed by atoms with E-state index >= 15 is 0 Å². The first-order valence-electron chi connectivity index (χ1n) is 12.3. The van der Waals surface area contributed by atoms with Crippen LogP contribution in [-0.2, 0) is 32.1 Å². The summed E-state index contributed by atoms with van der Waals surface area (Å²) in [5, 5.41) is 3.15. The van der Waals surface area contributed by atoms with Gasteiger partial charge in [0.2, 0.25) is 5.91 Å². The van der Waals surface area contributed by atoms with E-state index in [9.17, 15) is 14.4 Å². The van der Waals surface area contributed by atoms with Gasteiger partial charge in [0.25, 0.3) is 5.91 Å². The molecule has 3 aromatic carbocycles. The van der Waals surface area contributed by atoms with Crippen LogP contribution in [0.15, 0.2) is 88.3 Å². The molecule has 0 bridgehead atoms. The number of fused-ring (bicyclic) bond motifs is 1. The number of hydrogen-bond acceptors (Lipinski definition) is 7. The van der Waals surface area contributed by atoms with Crippen molar-refractivity contribution in [2.75, 3.05) is 12.9 Å².